The van der Waals surface area contributed by atoms with Gasteiger partial charge in [-0.05, 0) is 61.6 Å². The van der Waals surface area contributed by atoms with Crippen molar-refractivity contribution in [2.24, 2.45) is 0 Å². The van der Waals surface area contributed by atoms with Gasteiger partial charge < -0.3 is 10.6 Å². The Bertz CT molecular complexity index is 1170. The summed E-state index contributed by atoms with van der Waals surface area (Å²) in [4.78, 5) is 21.8. The van der Waals surface area contributed by atoms with Crippen LogP contribution >= 0.6 is 0 Å². The Labute approximate surface area is 162 Å². The summed E-state index contributed by atoms with van der Waals surface area (Å²) >= 11 is 0. The first-order valence-corrected chi connectivity index (χ1v) is 9.65. The molecule has 0 spiro atoms. The standard InChI is InChI=1S/C21H20N6O/c22-10-15-8-16-12-24-21(26-19(16)27(20(15)28)18-2-1-3-18)25-17-5-4-14-11-23-7-6-13(14)9-17/h4-5,8-9,12,18,23H,1-3,6-7,11H2,(H,24,25,26). The van der Waals surface area contributed by atoms with Crippen LogP contribution in [0.4, 0.5) is 11.6 Å². The fourth-order valence-corrected chi connectivity index (χ4v) is 3.93. The predicted molar refractivity (Wildman–Crippen MR) is 107 cm³/mol. The van der Waals surface area contributed by atoms with E-state index in [4.69, 9.17) is 0 Å². The molecule has 0 radical (unpaired) electrons. The maximum Gasteiger partial charge on any atom is 0.270 e. The third-order valence-corrected chi connectivity index (χ3v) is 5.68. The summed E-state index contributed by atoms with van der Waals surface area (Å²) in [6.45, 7) is 1.88. The highest BCUT2D eigenvalue weighted by atomic mass is 16.1. The molecular formula is C21H20N6O. The second-order valence-corrected chi connectivity index (χ2v) is 7.44. The smallest absolute Gasteiger partial charge is 0.270 e. The van der Waals surface area contributed by atoms with Crippen molar-refractivity contribution >= 4 is 22.7 Å². The van der Waals surface area contributed by atoms with Gasteiger partial charge in [0.05, 0.1) is 0 Å². The molecule has 0 amide bonds. The molecule has 7 heteroatoms. The van der Waals surface area contributed by atoms with Gasteiger partial charge in [0.15, 0.2) is 0 Å². The number of hydrogen-bond donors (Lipinski definition) is 2. The molecule has 0 saturated heterocycles. The number of rotatable bonds is 3. The summed E-state index contributed by atoms with van der Waals surface area (Å²) in [7, 11) is 0. The Morgan fingerprint density at radius 2 is 2.14 bits per heavy atom. The van der Waals surface area contributed by atoms with Crippen LogP contribution in [0.5, 0.6) is 0 Å². The Hall–Kier alpha value is -3.24. The molecule has 1 aliphatic heterocycles. The monoisotopic (exact) mass is 372 g/mol. The zero-order valence-corrected chi connectivity index (χ0v) is 15.4. The molecule has 5 rings (SSSR count). The molecule has 1 aromatic carbocycles. The van der Waals surface area contributed by atoms with Crippen LogP contribution in [-0.4, -0.2) is 21.1 Å². The molecule has 7 nitrogen and oxygen atoms in total. The highest BCUT2D eigenvalue weighted by molar-refractivity contribution is 5.77. The number of nitrogens with zero attached hydrogens (tertiary/aromatic N) is 4. The first-order chi connectivity index (χ1) is 13.7. The normalized spacial score (nSPS) is 16.2. The molecule has 140 valence electrons. The first-order valence-electron chi connectivity index (χ1n) is 9.65. The molecule has 0 bridgehead atoms. The summed E-state index contributed by atoms with van der Waals surface area (Å²) in [5.74, 6) is 0.457. The van der Waals surface area contributed by atoms with E-state index in [2.05, 4.69) is 32.7 Å². The third kappa shape index (κ3) is 2.83. The van der Waals surface area contributed by atoms with Crippen LogP contribution < -0.4 is 16.2 Å². The molecule has 1 saturated carbocycles. The molecule has 1 fully saturated rings. The lowest BCUT2D eigenvalue weighted by atomic mass is 9.92. The minimum absolute atomic E-state index is 0.113. The van der Waals surface area contributed by atoms with Gasteiger partial charge in [-0.3, -0.25) is 9.36 Å². The predicted octanol–water partition coefficient (Wildman–Crippen LogP) is 2.78. The van der Waals surface area contributed by atoms with E-state index in [-0.39, 0.29) is 17.2 Å². The van der Waals surface area contributed by atoms with Crippen molar-refractivity contribution in [3.8, 4) is 6.07 Å². The topological polar surface area (TPSA) is 95.6 Å². The SMILES string of the molecule is N#Cc1cc2cnc(Nc3ccc4c(c3)CCNC4)nc2n(C2CCC2)c1=O. The largest absolute Gasteiger partial charge is 0.324 e. The maximum absolute atomic E-state index is 12.7. The first kappa shape index (κ1) is 16.9. The number of aromatic nitrogens is 3. The highest BCUT2D eigenvalue weighted by Gasteiger charge is 2.24. The van der Waals surface area contributed by atoms with Gasteiger partial charge in [-0.1, -0.05) is 6.07 Å². The summed E-state index contributed by atoms with van der Waals surface area (Å²) in [6, 6.07) is 9.99. The van der Waals surface area contributed by atoms with Crippen molar-refractivity contribution in [1.82, 2.24) is 19.9 Å². The van der Waals surface area contributed by atoms with E-state index in [0.29, 0.717) is 17.0 Å². The van der Waals surface area contributed by atoms with Gasteiger partial charge in [0.2, 0.25) is 5.95 Å². The van der Waals surface area contributed by atoms with Crippen LogP contribution in [0, 0.1) is 11.3 Å². The number of nitriles is 1. The molecular weight excluding hydrogens is 352 g/mol. The Morgan fingerprint density at radius 3 is 2.93 bits per heavy atom. The number of hydrogen-bond acceptors (Lipinski definition) is 6. The lowest BCUT2D eigenvalue weighted by Crippen LogP contribution is -2.31. The van der Waals surface area contributed by atoms with E-state index in [1.807, 2.05) is 12.1 Å². The Kier molecular flexibility index (Phi) is 4.06. The Morgan fingerprint density at radius 1 is 1.25 bits per heavy atom. The van der Waals surface area contributed by atoms with E-state index >= 15 is 0 Å². The summed E-state index contributed by atoms with van der Waals surface area (Å²) in [6.07, 6.45) is 5.66. The number of pyridine rings is 1. The zero-order valence-electron chi connectivity index (χ0n) is 15.4. The van der Waals surface area contributed by atoms with Crippen molar-refractivity contribution in [2.45, 2.75) is 38.3 Å². The lowest BCUT2D eigenvalue weighted by molar-refractivity contribution is 0.313. The van der Waals surface area contributed by atoms with Crippen molar-refractivity contribution in [2.75, 3.05) is 11.9 Å². The van der Waals surface area contributed by atoms with Gasteiger partial charge in [0.25, 0.3) is 5.56 Å². The molecule has 3 heterocycles. The summed E-state index contributed by atoms with van der Waals surface area (Å²) in [5, 5.41) is 16.7. The lowest BCUT2D eigenvalue weighted by Gasteiger charge is -2.28. The van der Waals surface area contributed by atoms with Crippen LogP contribution in [0.25, 0.3) is 11.0 Å². The van der Waals surface area contributed by atoms with E-state index in [1.165, 1.54) is 11.1 Å². The average Bonchev–Trinajstić information content (AvgIpc) is 2.68. The Balaban J connectivity index is 1.56. The minimum Gasteiger partial charge on any atom is -0.324 e. The van der Waals surface area contributed by atoms with E-state index < -0.39 is 0 Å². The van der Waals surface area contributed by atoms with Gasteiger partial charge in [-0.25, -0.2) is 4.98 Å². The fraction of sp³-hybridized carbons (Fsp3) is 0.333. The van der Waals surface area contributed by atoms with E-state index in [0.717, 1.165) is 44.5 Å². The third-order valence-electron chi connectivity index (χ3n) is 5.68. The van der Waals surface area contributed by atoms with E-state index in [1.54, 1.807) is 16.8 Å². The van der Waals surface area contributed by atoms with Gasteiger partial charge in [0, 0.05) is 29.9 Å². The van der Waals surface area contributed by atoms with Crippen LogP contribution in [0.3, 0.4) is 0 Å². The maximum atomic E-state index is 12.7. The quantitative estimate of drug-likeness (QED) is 0.734. The fourth-order valence-electron chi connectivity index (χ4n) is 3.93. The number of nitrogens with one attached hydrogen (secondary N) is 2. The van der Waals surface area contributed by atoms with Crippen molar-refractivity contribution in [3.05, 3.63) is 57.5 Å². The van der Waals surface area contributed by atoms with Crippen molar-refractivity contribution in [1.29, 1.82) is 5.26 Å². The number of fused-ring (bicyclic) bond motifs is 2. The number of benzene rings is 1. The van der Waals surface area contributed by atoms with Crippen LogP contribution in [0.1, 0.15) is 42.0 Å². The van der Waals surface area contributed by atoms with Crippen LogP contribution in [0.15, 0.2) is 35.3 Å². The number of anilines is 2. The summed E-state index contributed by atoms with van der Waals surface area (Å²) < 4.78 is 1.68. The minimum atomic E-state index is -0.259. The molecule has 2 aromatic heterocycles. The second-order valence-electron chi connectivity index (χ2n) is 7.44. The van der Waals surface area contributed by atoms with Crippen molar-refractivity contribution < 1.29 is 0 Å². The van der Waals surface area contributed by atoms with Gasteiger partial charge in [-0.15, -0.1) is 0 Å². The van der Waals surface area contributed by atoms with E-state index in [9.17, 15) is 10.1 Å². The van der Waals surface area contributed by atoms with Gasteiger partial charge in [0.1, 0.15) is 17.3 Å². The zero-order chi connectivity index (χ0) is 19.1. The highest BCUT2D eigenvalue weighted by Crippen LogP contribution is 2.32. The van der Waals surface area contributed by atoms with Gasteiger partial charge >= 0.3 is 0 Å². The van der Waals surface area contributed by atoms with Gasteiger partial charge in [-0.2, -0.15) is 10.2 Å². The average molecular weight is 372 g/mol. The molecule has 28 heavy (non-hydrogen) atoms. The van der Waals surface area contributed by atoms with Crippen LogP contribution in [0.2, 0.25) is 0 Å². The molecule has 0 atom stereocenters. The molecule has 3 aromatic rings. The molecule has 0 unspecified atom stereocenters. The van der Waals surface area contributed by atoms with Crippen molar-refractivity contribution in [3.63, 3.8) is 0 Å². The molecule has 1 aliphatic carbocycles. The summed E-state index contributed by atoms with van der Waals surface area (Å²) in [5.41, 5.74) is 4.06. The molecule has 2 N–H and O–H groups in total. The van der Waals surface area contributed by atoms with Crippen LogP contribution in [-0.2, 0) is 13.0 Å². The molecule has 2 aliphatic rings. The second kappa shape index (κ2) is 6.73.